The number of amides is 1. The number of hydrogen-bond donors (Lipinski definition) is 4. The second-order valence-electron chi connectivity index (χ2n) is 4.96. The third-order valence-corrected chi connectivity index (χ3v) is 3.56. The number of hydrogen-bond acceptors (Lipinski definition) is 4. The van der Waals surface area contributed by atoms with E-state index in [-0.39, 0.29) is 5.91 Å². The van der Waals surface area contributed by atoms with E-state index in [0.29, 0.717) is 11.4 Å². The van der Waals surface area contributed by atoms with Crippen LogP contribution in [0.15, 0.2) is 42.5 Å². The lowest BCUT2D eigenvalue weighted by atomic mass is 10.1. The van der Waals surface area contributed by atoms with E-state index in [1.165, 1.54) is 0 Å². The molecule has 3 aromatic rings. The molecule has 0 saturated carbocycles. The molecule has 0 saturated heterocycles. The molecule has 22 heavy (non-hydrogen) atoms. The number of nitrogens with one attached hydrogen (secondary N) is 3. The number of H-pyrrole nitrogens is 1. The highest BCUT2D eigenvalue weighted by Crippen LogP contribution is 2.19. The molecule has 1 heterocycles. The summed E-state index contributed by atoms with van der Waals surface area (Å²) in [5, 5.41) is 7.46. The Hall–Kier alpha value is -3.02. The van der Waals surface area contributed by atoms with E-state index in [2.05, 4.69) is 28.0 Å². The van der Waals surface area contributed by atoms with Gasteiger partial charge in [-0.05, 0) is 36.2 Å². The first-order valence-electron chi connectivity index (χ1n) is 7.07. The third kappa shape index (κ3) is 2.58. The summed E-state index contributed by atoms with van der Waals surface area (Å²) in [5.41, 5.74) is 14.8. The van der Waals surface area contributed by atoms with E-state index >= 15 is 0 Å². The van der Waals surface area contributed by atoms with Crippen molar-refractivity contribution < 1.29 is 4.79 Å². The Kier molecular flexibility index (Phi) is 3.65. The number of rotatable bonds is 4. The van der Waals surface area contributed by atoms with Crippen LogP contribution in [0.2, 0.25) is 0 Å². The molecule has 0 bridgehead atoms. The molecule has 1 aromatic heterocycles. The summed E-state index contributed by atoms with van der Waals surface area (Å²) in [4.78, 5) is 12.2. The van der Waals surface area contributed by atoms with Crippen molar-refractivity contribution in [1.82, 2.24) is 15.6 Å². The van der Waals surface area contributed by atoms with Crippen molar-refractivity contribution in [3.63, 3.8) is 0 Å². The van der Waals surface area contributed by atoms with Gasteiger partial charge in [-0.25, -0.2) is 0 Å². The maximum atomic E-state index is 12.2. The Bertz CT molecular complexity index is 824. The number of nitrogen functional groups attached to an aromatic ring is 1. The van der Waals surface area contributed by atoms with Gasteiger partial charge in [0.2, 0.25) is 0 Å². The van der Waals surface area contributed by atoms with Crippen molar-refractivity contribution in [3.8, 4) is 0 Å². The molecule has 0 fully saturated rings. The monoisotopic (exact) mass is 295 g/mol. The van der Waals surface area contributed by atoms with Gasteiger partial charge in [0.1, 0.15) is 0 Å². The van der Waals surface area contributed by atoms with Crippen LogP contribution in [-0.4, -0.2) is 16.1 Å². The average Bonchev–Trinajstić information content (AvgIpc) is 2.93. The predicted octanol–water partition coefficient (Wildman–Crippen LogP) is 2.46. The number of nitrogens with zero attached hydrogens (tertiary/aromatic N) is 1. The molecule has 6 nitrogen and oxygen atoms in total. The van der Waals surface area contributed by atoms with Gasteiger partial charge in [-0.15, -0.1) is 0 Å². The lowest BCUT2D eigenvalue weighted by molar-refractivity contribution is 0.0963. The highest BCUT2D eigenvalue weighted by atomic mass is 16.2. The molecule has 0 spiro atoms. The number of carbonyl (C=O) groups excluding carboxylic acids is 1. The van der Waals surface area contributed by atoms with Gasteiger partial charge in [0.05, 0.1) is 11.2 Å². The lowest BCUT2D eigenvalue weighted by Gasteiger charge is -2.12. The lowest BCUT2D eigenvalue weighted by Crippen LogP contribution is -2.29. The molecule has 1 amide bonds. The molecule has 112 valence electrons. The van der Waals surface area contributed by atoms with Gasteiger partial charge >= 0.3 is 0 Å². The fourth-order valence-electron chi connectivity index (χ4n) is 2.32. The Morgan fingerprint density at radius 1 is 1.27 bits per heavy atom. The quantitative estimate of drug-likeness (QED) is 0.556. The maximum Gasteiger partial charge on any atom is 0.269 e. The fraction of sp³-hybridized carbons (Fsp3) is 0.125. The normalized spacial score (nSPS) is 10.6. The second-order valence-corrected chi connectivity index (χ2v) is 4.96. The summed E-state index contributed by atoms with van der Waals surface area (Å²) in [6.07, 6.45) is 0.885. The molecule has 0 atom stereocenters. The predicted molar refractivity (Wildman–Crippen MR) is 87.4 cm³/mol. The number of aromatic nitrogens is 2. The first kappa shape index (κ1) is 13.9. The van der Waals surface area contributed by atoms with Gasteiger partial charge in [0.15, 0.2) is 5.82 Å². The molecule has 2 aromatic carbocycles. The molecule has 0 unspecified atom stereocenters. The molecule has 5 N–H and O–H groups in total. The number of nitrogens with two attached hydrogens (primary N) is 1. The van der Waals surface area contributed by atoms with Crippen molar-refractivity contribution in [1.29, 1.82) is 0 Å². The zero-order valence-corrected chi connectivity index (χ0v) is 12.2. The van der Waals surface area contributed by atoms with E-state index in [1.54, 1.807) is 18.2 Å². The molecule has 0 radical (unpaired) electrons. The number of carbonyl (C=O) groups is 1. The number of aryl methyl sites for hydroxylation is 1. The SMILES string of the molecule is CCc1ccccc1NNC(=O)c1ccc2[nH]nc(N)c2c1. The number of fused-ring (bicyclic) bond motifs is 1. The van der Waals surface area contributed by atoms with Gasteiger partial charge in [-0.3, -0.25) is 20.7 Å². The number of benzene rings is 2. The zero-order chi connectivity index (χ0) is 15.5. The Labute approximate surface area is 127 Å². The molecule has 0 aliphatic rings. The van der Waals surface area contributed by atoms with Crippen LogP contribution in [0, 0.1) is 0 Å². The van der Waals surface area contributed by atoms with Crippen LogP contribution < -0.4 is 16.6 Å². The number of para-hydroxylation sites is 1. The van der Waals surface area contributed by atoms with Gasteiger partial charge in [-0.2, -0.15) is 5.10 Å². The minimum atomic E-state index is -0.228. The summed E-state index contributed by atoms with van der Waals surface area (Å²) in [7, 11) is 0. The van der Waals surface area contributed by atoms with E-state index in [1.807, 2.05) is 24.3 Å². The second kappa shape index (κ2) is 5.77. The molecular weight excluding hydrogens is 278 g/mol. The standard InChI is InChI=1S/C16H17N5O/c1-2-10-5-3-4-6-13(10)18-21-16(22)11-7-8-14-12(9-11)15(17)20-19-14/h3-9,18H,2H2,1H3,(H,21,22)(H3,17,19,20). The molecule has 3 rings (SSSR count). The van der Waals surface area contributed by atoms with Gasteiger partial charge in [0, 0.05) is 10.9 Å². The number of anilines is 2. The molecular formula is C16H17N5O. The highest BCUT2D eigenvalue weighted by Gasteiger charge is 2.09. The Morgan fingerprint density at radius 2 is 2.09 bits per heavy atom. The maximum absolute atomic E-state index is 12.2. The fourth-order valence-corrected chi connectivity index (χ4v) is 2.32. The Balaban J connectivity index is 1.77. The minimum Gasteiger partial charge on any atom is -0.382 e. The van der Waals surface area contributed by atoms with Gasteiger partial charge in [-0.1, -0.05) is 25.1 Å². The largest absolute Gasteiger partial charge is 0.382 e. The average molecular weight is 295 g/mol. The number of hydrazine groups is 1. The van der Waals surface area contributed by atoms with E-state index in [9.17, 15) is 4.79 Å². The summed E-state index contributed by atoms with van der Waals surface area (Å²) < 4.78 is 0. The first-order chi connectivity index (χ1) is 10.7. The van der Waals surface area contributed by atoms with Crippen LogP contribution in [0.1, 0.15) is 22.8 Å². The molecule has 6 heteroatoms. The number of aromatic amines is 1. The topological polar surface area (TPSA) is 95.8 Å². The zero-order valence-electron chi connectivity index (χ0n) is 12.2. The summed E-state index contributed by atoms with van der Waals surface area (Å²) in [6.45, 7) is 2.07. The van der Waals surface area contributed by atoms with Crippen molar-refractivity contribution in [2.45, 2.75) is 13.3 Å². The van der Waals surface area contributed by atoms with E-state index in [0.717, 1.165) is 28.6 Å². The van der Waals surface area contributed by atoms with Crippen molar-refractivity contribution in [2.24, 2.45) is 0 Å². The third-order valence-electron chi connectivity index (χ3n) is 3.56. The smallest absolute Gasteiger partial charge is 0.269 e. The highest BCUT2D eigenvalue weighted by molar-refractivity contribution is 6.00. The van der Waals surface area contributed by atoms with Crippen LogP contribution in [0.25, 0.3) is 10.9 Å². The summed E-state index contributed by atoms with van der Waals surface area (Å²) in [6, 6.07) is 13.1. The first-order valence-corrected chi connectivity index (χ1v) is 7.07. The minimum absolute atomic E-state index is 0.228. The molecule has 0 aliphatic carbocycles. The van der Waals surface area contributed by atoms with Crippen LogP contribution in [0.4, 0.5) is 11.5 Å². The molecule has 0 aliphatic heterocycles. The van der Waals surface area contributed by atoms with Crippen LogP contribution in [0.3, 0.4) is 0 Å². The van der Waals surface area contributed by atoms with Crippen LogP contribution in [0.5, 0.6) is 0 Å². The van der Waals surface area contributed by atoms with Gasteiger partial charge in [0.25, 0.3) is 5.91 Å². The van der Waals surface area contributed by atoms with Crippen molar-refractivity contribution in [2.75, 3.05) is 11.2 Å². The summed E-state index contributed by atoms with van der Waals surface area (Å²) in [5.74, 6) is 0.155. The van der Waals surface area contributed by atoms with E-state index in [4.69, 9.17) is 5.73 Å². The van der Waals surface area contributed by atoms with Crippen molar-refractivity contribution in [3.05, 3.63) is 53.6 Å². The van der Waals surface area contributed by atoms with Gasteiger partial charge < -0.3 is 5.73 Å². The Morgan fingerprint density at radius 3 is 2.91 bits per heavy atom. The van der Waals surface area contributed by atoms with E-state index < -0.39 is 0 Å². The van der Waals surface area contributed by atoms with Crippen molar-refractivity contribution >= 4 is 28.3 Å². The van der Waals surface area contributed by atoms with Crippen LogP contribution in [-0.2, 0) is 6.42 Å². The van der Waals surface area contributed by atoms with Crippen LogP contribution >= 0.6 is 0 Å². The summed E-state index contributed by atoms with van der Waals surface area (Å²) >= 11 is 0.